The Balaban J connectivity index is 2.49. The van der Waals surface area contributed by atoms with Crippen LogP contribution in [0.5, 0.6) is 0 Å². The van der Waals surface area contributed by atoms with Crippen molar-refractivity contribution in [1.82, 2.24) is 5.32 Å². The number of halogens is 1. The number of nitrogens with two attached hydrogens (primary N) is 1. The number of hydrogen-bond acceptors (Lipinski definition) is 3. The summed E-state index contributed by atoms with van der Waals surface area (Å²) < 4.78 is 0.809. The molecule has 1 rings (SSSR count). The van der Waals surface area contributed by atoms with E-state index in [1.165, 1.54) is 4.88 Å². The predicted octanol–water partition coefficient (Wildman–Crippen LogP) is 2.57. The van der Waals surface area contributed by atoms with E-state index in [0.29, 0.717) is 6.54 Å². The van der Waals surface area contributed by atoms with Crippen molar-refractivity contribution in [3.63, 3.8) is 0 Å². The largest absolute Gasteiger partial charge is 0.329 e. The van der Waals surface area contributed by atoms with Gasteiger partial charge in [0.25, 0.3) is 0 Å². The van der Waals surface area contributed by atoms with Crippen LogP contribution in [-0.2, 0) is 0 Å². The molecule has 0 aliphatic carbocycles. The van der Waals surface area contributed by atoms with Crippen LogP contribution in [0.4, 0.5) is 0 Å². The van der Waals surface area contributed by atoms with E-state index in [4.69, 9.17) is 17.3 Å². The van der Waals surface area contributed by atoms with Crippen LogP contribution >= 0.6 is 22.9 Å². The molecule has 1 aromatic rings. The van der Waals surface area contributed by atoms with Crippen LogP contribution in [-0.4, -0.2) is 13.1 Å². The van der Waals surface area contributed by atoms with Gasteiger partial charge in [0.15, 0.2) is 0 Å². The van der Waals surface area contributed by atoms with E-state index in [-0.39, 0.29) is 6.04 Å². The molecule has 0 aliphatic heterocycles. The van der Waals surface area contributed by atoms with E-state index in [2.05, 4.69) is 11.9 Å². The summed E-state index contributed by atoms with van der Waals surface area (Å²) in [5, 5.41) is 3.36. The van der Waals surface area contributed by atoms with Crippen LogP contribution in [0.1, 0.15) is 17.3 Å². The SMILES string of the molecule is C=CCCNC(CN)c1ccc(Cl)s1. The summed E-state index contributed by atoms with van der Waals surface area (Å²) in [6, 6.07) is 4.14. The first-order chi connectivity index (χ1) is 6.77. The highest BCUT2D eigenvalue weighted by molar-refractivity contribution is 7.16. The lowest BCUT2D eigenvalue weighted by Crippen LogP contribution is -2.28. The van der Waals surface area contributed by atoms with E-state index < -0.39 is 0 Å². The van der Waals surface area contributed by atoms with Crippen LogP contribution in [0.15, 0.2) is 24.8 Å². The Morgan fingerprint density at radius 1 is 1.64 bits per heavy atom. The molecule has 1 unspecified atom stereocenters. The second-order valence-corrected chi connectivity index (χ2v) is 4.71. The van der Waals surface area contributed by atoms with Crippen molar-refractivity contribution in [1.29, 1.82) is 0 Å². The smallest absolute Gasteiger partial charge is 0.0931 e. The van der Waals surface area contributed by atoms with Gasteiger partial charge in [-0.2, -0.15) is 0 Å². The Morgan fingerprint density at radius 3 is 2.93 bits per heavy atom. The monoisotopic (exact) mass is 230 g/mol. The summed E-state index contributed by atoms with van der Waals surface area (Å²) in [5.74, 6) is 0. The minimum absolute atomic E-state index is 0.215. The molecule has 14 heavy (non-hydrogen) atoms. The fourth-order valence-corrected chi connectivity index (χ4v) is 2.32. The second kappa shape index (κ2) is 6.19. The first kappa shape index (κ1) is 11.7. The normalized spacial score (nSPS) is 12.7. The maximum Gasteiger partial charge on any atom is 0.0931 e. The van der Waals surface area contributed by atoms with Gasteiger partial charge in [-0.1, -0.05) is 17.7 Å². The first-order valence-electron chi connectivity index (χ1n) is 4.57. The Bertz CT molecular complexity index is 285. The van der Waals surface area contributed by atoms with E-state index in [9.17, 15) is 0 Å². The van der Waals surface area contributed by atoms with Gasteiger partial charge in [-0.3, -0.25) is 0 Å². The van der Waals surface area contributed by atoms with Gasteiger partial charge in [0, 0.05) is 11.4 Å². The zero-order valence-electron chi connectivity index (χ0n) is 8.00. The lowest BCUT2D eigenvalue weighted by Gasteiger charge is -2.14. The van der Waals surface area contributed by atoms with Crippen molar-refractivity contribution in [2.24, 2.45) is 5.73 Å². The van der Waals surface area contributed by atoms with Gasteiger partial charge in [-0.05, 0) is 25.1 Å². The van der Waals surface area contributed by atoms with Crippen molar-refractivity contribution in [2.45, 2.75) is 12.5 Å². The Morgan fingerprint density at radius 2 is 2.43 bits per heavy atom. The minimum atomic E-state index is 0.215. The number of nitrogens with one attached hydrogen (secondary N) is 1. The highest BCUT2D eigenvalue weighted by Crippen LogP contribution is 2.26. The Hall–Kier alpha value is -0.350. The summed E-state index contributed by atoms with van der Waals surface area (Å²) in [4.78, 5) is 1.20. The second-order valence-electron chi connectivity index (χ2n) is 2.96. The van der Waals surface area contributed by atoms with E-state index >= 15 is 0 Å². The van der Waals surface area contributed by atoms with Crippen molar-refractivity contribution in [3.05, 3.63) is 34.0 Å². The molecule has 78 valence electrons. The Labute approximate surface area is 93.8 Å². The quantitative estimate of drug-likeness (QED) is 0.582. The molecule has 0 spiro atoms. The van der Waals surface area contributed by atoms with Crippen LogP contribution in [0.3, 0.4) is 0 Å². The third kappa shape index (κ3) is 3.42. The first-order valence-corrected chi connectivity index (χ1v) is 5.77. The average molecular weight is 231 g/mol. The zero-order chi connectivity index (χ0) is 10.4. The highest BCUT2D eigenvalue weighted by Gasteiger charge is 2.10. The molecular formula is C10H15ClN2S. The van der Waals surface area contributed by atoms with Gasteiger partial charge in [0.05, 0.1) is 10.4 Å². The molecule has 0 saturated carbocycles. The summed E-state index contributed by atoms with van der Waals surface area (Å²) in [6.07, 6.45) is 2.84. The molecule has 0 aromatic carbocycles. The third-order valence-electron chi connectivity index (χ3n) is 1.91. The number of thiophene rings is 1. The standard InChI is InChI=1S/C10H15ClN2S/c1-2-3-6-13-8(7-12)9-4-5-10(11)14-9/h2,4-5,8,13H,1,3,6-7,12H2. The molecule has 0 saturated heterocycles. The molecule has 1 aromatic heterocycles. The molecule has 1 heterocycles. The maximum absolute atomic E-state index is 5.86. The van der Waals surface area contributed by atoms with Crippen LogP contribution < -0.4 is 11.1 Å². The van der Waals surface area contributed by atoms with Crippen molar-refractivity contribution >= 4 is 22.9 Å². The van der Waals surface area contributed by atoms with Crippen molar-refractivity contribution in [3.8, 4) is 0 Å². The van der Waals surface area contributed by atoms with E-state index in [1.807, 2.05) is 18.2 Å². The molecule has 0 aliphatic rings. The third-order valence-corrected chi connectivity index (χ3v) is 3.26. The van der Waals surface area contributed by atoms with Gasteiger partial charge in [-0.25, -0.2) is 0 Å². The van der Waals surface area contributed by atoms with E-state index in [1.54, 1.807) is 11.3 Å². The van der Waals surface area contributed by atoms with E-state index in [0.717, 1.165) is 17.3 Å². The lowest BCUT2D eigenvalue weighted by atomic mass is 10.2. The Kier molecular flexibility index (Phi) is 5.19. The van der Waals surface area contributed by atoms with Gasteiger partial charge in [-0.15, -0.1) is 17.9 Å². The summed E-state index contributed by atoms with van der Waals surface area (Å²) in [7, 11) is 0. The maximum atomic E-state index is 5.86. The van der Waals surface area contributed by atoms with Gasteiger partial charge < -0.3 is 11.1 Å². The molecule has 3 N–H and O–H groups in total. The van der Waals surface area contributed by atoms with Crippen molar-refractivity contribution < 1.29 is 0 Å². The summed E-state index contributed by atoms with van der Waals surface area (Å²) in [6.45, 7) is 5.17. The molecule has 0 amide bonds. The molecule has 0 radical (unpaired) electrons. The summed E-state index contributed by atoms with van der Waals surface area (Å²) >= 11 is 7.43. The fraction of sp³-hybridized carbons (Fsp3) is 0.400. The molecule has 0 fully saturated rings. The predicted molar refractivity (Wildman–Crippen MR) is 63.9 cm³/mol. The van der Waals surface area contributed by atoms with Crippen LogP contribution in [0.2, 0.25) is 4.34 Å². The van der Waals surface area contributed by atoms with Crippen LogP contribution in [0.25, 0.3) is 0 Å². The highest BCUT2D eigenvalue weighted by atomic mass is 35.5. The van der Waals surface area contributed by atoms with Gasteiger partial charge >= 0.3 is 0 Å². The molecule has 4 heteroatoms. The van der Waals surface area contributed by atoms with Crippen LogP contribution in [0, 0.1) is 0 Å². The molecule has 0 bridgehead atoms. The molecular weight excluding hydrogens is 216 g/mol. The van der Waals surface area contributed by atoms with Gasteiger partial charge in [0.2, 0.25) is 0 Å². The zero-order valence-corrected chi connectivity index (χ0v) is 9.57. The average Bonchev–Trinajstić information content (AvgIpc) is 2.60. The minimum Gasteiger partial charge on any atom is -0.329 e. The summed E-state index contributed by atoms with van der Waals surface area (Å²) in [5.41, 5.74) is 5.67. The topological polar surface area (TPSA) is 38.0 Å². The number of rotatable bonds is 6. The molecule has 2 nitrogen and oxygen atoms in total. The molecule has 1 atom stereocenters. The lowest BCUT2D eigenvalue weighted by molar-refractivity contribution is 0.556. The fourth-order valence-electron chi connectivity index (χ4n) is 1.18. The number of hydrogen-bond donors (Lipinski definition) is 2. The van der Waals surface area contributed by atoms with Gasteiger partial charge in [0.1, 0.15) is 0 Å². The van der Waals surface area contributed by atoms with Crippen molar-refractivity contribution in [2.75, 3.05) is 13.1 Å².